The normalized spacial score (nSPS) is 22.4. The van der Waals surface area contributed by atoms with E-state index in [1.807, 2.05) is 0 Å². The number of nitrogens with zero attached hydrogens (tertiary/aromatic N) is 4. The number of hydrogen-bond acceptors (Lipinski definition) is 11. The van der Waals surface area contributed by atoms with Crippen molar-refractivity contribution in [2.45, 2.75) is 30.8 Å². The number of nitrogens with one attached hydrogen (secondary N) is 2. The van der Waals surface area contributed by atoms with Crippen molar-refractivity contribution in [2.24, 2.45) is 5.10 Å². The monoisotopic (exact) mass is 654 g/mol. The quantitative estimate of drug-likeness (QED) is 0.166. The van der Waals surface area contributed by atoms with Crippen LogP contribution in [0.4, 0.5) is 9.59 Å². The average Bonchev–Trinajstić information content (AvgIpc) is 3.57. The molecule has 18 heteroatoms. The van der Waals surface area contributed by atoms with Gasteiger partial charge < -0.3 is 30.0 Å². The maximum absolute atomic E-state index is 13.5. The van der Waals surface area contributed by atoms with Crippen molar-refractivity contribution in [3.8, 4) is 0 Å². The van der Waals surface area contributed by atoms with Crippen LogP contribution in [0.3, 0.4) is 0 Å². The zero-order valence-corrected chi connectivity index (χ0v) is 27.1. The van der Waals surface area contributed by atoms with Gasteiger partial charge in [0.1, 0.15) is 24.1 Å². The van der Waals surface area contributed by atoms with Gasteiger partial charge in [0.25, 0.3) is 5.91 Å². The topological polar surface area (TPSA) is 190 Å². The Morgan fingerprint density at radius 1 is 1.20 bits per heavy atom. The fourth-order valence-electron chi connectivity index (χ4n) is 4.72. The second-order valence-electron chi connectivity index (χ2n) is 9.57. The predicted molar refractivity (Wildman–Crippen MR) is 147 cm³/mol. The second-order valence-corrected chi connectivity index (χ2v) is 11.1. The van der Waals surface area contributed by atoms with Crippen LogP contribution in [0.1, 0.15) is 24.9 Å². The number of aliphatic carboxylic acids is 1. The van der Waals surface area contributed by atoms with Crippen LogP contribution in [-0.4, -0.2) is 93.4 Å². The number of rotatable bonds is 8. The first-order chi connectivity index (χ1) is 20.5. The van der Waals surface area contributed by atoms with Crippen LogP contribution in [0.15, 0.2) is 58.0 Å². The number of benzene rings is 1. The van der Waals surface area contributed by atoms with E-state index in [0.29, 0.717) is 5.56 Å². The zero-order chi connectivity index (χ0) is 30.8. The fourth-order valence-corrected chi connectivity index (χ4v) is 6.21. The molecule has 3 atom stereocenters. The van der Waals surface area contributed by atoms with Gasteiger partial charge >= 0.3 is 47.6 Å². The van der Waals surface area contributed by atoms with E-state index < -0.39 is 59.0 Å². The molecule has 44 heavy (non-hydrogen) atoms. The summed E-state index contributed by atoms with van der Waals surface area (Å²) in [6, 6.07) is 4.15. The van der Waals surface area contributed by atoms with Crippen molar-refractivity contribution in [2.75, 3.05) is 25.4 Å². The predicted octanol–water partition coefficient (Wildman–Crippen LogP) is -3.04. The Morgan fingerprint density at radius 3 is 2.57 bits per heavy atom. The van der Waals surface area contributed by atoms with E-state index in [2.05, 4.69) is 15.7 Å². The van der Waals surface area contributed by atoms with Gasteiger partial charge in [-0.25, -0.2) is 19.5 Å². The van der Waals surface area contributed by atoms with Crippen molar-refractivity contribution in [3.63, 3.8) is 0 Å². The first-order valence-electron chi connectivity index (χ1n) is 12.9. The molecule has 5 rings (SSSR count). The van der Waals surface area contributed by atoms with E-state index in [4.69, 9.17) is 21.1 Å². The van der Waals surface area contributed by atoms with Crippen LogP contribution >= 0.6 is 23.4 Å². The molecule has 4 heterocycles. The zero-order valence-electron chi connectivity index (χ0n) is 23.5. The Hall–Kier alpha value is -3.57. The Kier molecular flexibility index (Phi) is 10.6. The summed E-state index contributed by atoms with van der Waals surface area (Å²) in [5.41, 5.74) is 0.156. The van der Waals surface area contributed by atoms with Crippen molar-refractivity contribution in [1.29, 1.82) is 0 Å². The number of carboxylic acid groups (broad SMARTS) is 1. The van der Waals surface area contributed by atoms with Gasteiger partial charge in [-0.15, -0.1) is 16.9 Å². The number of carbonyl (C=O) groups excluding carboxylic acids is 6. The van der Waals surface area contributed by atoms with Crippen molar-refractivity contribution in [3.05, 3.63) is 58.5 Å². The van der Waals surface area contributed by atoms with Gasteiger partial charge in [0, 0.05) is 24.7 Å². The molecule has 2 saturated heterocycles. The molecule has 0 bridgehead atoms. The van der Waals surface area contributed by atoms with Gasteiger partial charge in [0.2, 0.25) is 11.8 Å². The Balaban J connectivity index is 0.00000442. The number of β-lactam (4-membered cyclic amide) rings is 1. The molecule has 226 valence electrons. The number of carboxylic acids is 1. The van der Waals surface area contributed by atoms with Crippen molar-refractivity contribution < 1.29 is 72.9 Å². The number of halogens is 1. The smallest absolute Gasteiger partial charge is 0.543 e. The van der Waals surface area contributed by atoms with Crippen LogP contribution < -0.4 is 45.3 Å². The molecule has 2 fully saturated rings. The molecular weight excluding hydrogens is 631 g/mol. The molecule has 6 amide bonds. The molecule has 1 aromatic carbocycles. The molecule has 15 nitrogen and oxygen atoms in total. The number of ether oxygens (including phenoxy) is 2. The van der Waals surface area contributed by atoms with E-state index in [9.17, 15) is 33.9 Å². The van der Waals surface area contributed by atoms with E-state index in [0.717, 1.165) is 14.8 Å². The number of thioether (sulfide) groups is 1. The van der Waals surface area contributed by atoms with Gasteiger partial charge in [-0.1, -0.05) is 30.3 Å². The first kappa shape index (κ1) is 33.3. The van der Waals surface area contributed by atoms with Gasteiger partial charge in [0.05, 0.1) is 24.8 Å². The van der Waals surface area contributed by atoms with E-state index in [-0.39, 0.29) is 78.1 Å². The third-order valence-corrected chi connectivity index (χ3v) is 8.34. The average molecular weight is 655 g/mol. The summed E-state index contributed by atoms with van der Waals surface area (Å²) in [5.74, 6) is -3.40. The molecule has 0 spiro atoms. The summed E-state index contributed by atoms with van der Waals surface area (Å²) >= 11 is 6.94. The van der Waals surface area contributed by atoms with Gasteiger partial charge in [0.15, 0.2) is 5.22 Å². The minimum absolute atomic E-state index is 0. The summed E-state index contributed by atoms with van der Waals surface area (Å²) in [5, 5.41) is 21.5. The number of hydrogen-bond donors (Lipinski definition) is 2. The second kappa shape index (κ2) is 14.0. The number of carbonyl (C=O) groups is 6. The maximum atomic E-state index is 13.5. The van der Waals surface area contributed by atoms with Crippen molar-refractivity contribution >= 4 is 65.1 Å². The van der Waals surface area contributed by atoms with Crippen LogP contribution in [-0.2, 0) is 28.7 Å². The number of esters is 1. The molecule has 1 aromatic rings. The maximum Gasteiger partial charge on any atom is 1.00 e. The molecule has 4 aliphatic heterocycles. The molecule has 1 unspecified atom stereocenters. The van der Waals surface area contributed by atoms with Crippen LogP contribution in [0.5, 0.6) is 0 Å². The summed E-state index contributed by atoms with van der Waals surface area (Å²) in [7, 11) is 0. The van der Waals surface area contributed by atoms with Gasteiger partial charge in [-0.3, -0.25) is 19.3 Å². The molecule has 0 radical (unpaired) electrons. The Morgan fingerprint density at radius 2 is 1.93 bits per heavy atom. The van der Waals surface area contributed by atoms with Crippen LogP contribution in [0, 0.1) is 0 Å². The molecule has 0 saturated carbocycles. The molecule has 2 N–H and O–H groups in total. The molecule has 4 aliphatic rings. The molecule has 0 aromatic heterocycles. The number of fused-ring (bicyclic) bond motifs is 1. The summed E-state index contributed by atoms with van der Waals surface area (Å²) < 4.78 is 10.1. The van der Waals surface area contributed by atoms with E-state index >= 15 is 0 Å². The number of hydrazone groups is 1. The van der Waals surface area contributed by atoms with E-state index in [1.165, 1.54) is 18.7 Å². The summed E-state index contributed by atoms with van der Waals surface area (Å²) in [6.45, 7) is 0.911. The number of amides is 6. The fraction of sp³-hybridized carbons (Fsp3) is 0.346. The Bertz CT molecular complexity index is 1490. The first-order valence-corrected chi connectivity index (χ1v) is 14.3. The minimum atomic E-state index is -1.62. The minimum Gasteiger partial charge on any atom is -0.543 e. The van der Waals surface area contributed by atoms with E-state index in [1.54, 1.807) is 36.4 Å². The number of imide groups is 1. The van der Waals surface area contributed by atoms with Gasteiger partial charge in [-0.2, -0.15) is 0 Å². The third-order valence-electron chi connectivity index (χ3n) is 6.77. The Labute approximate surface area is 281 Å². The molecular formula is C26H24ClN6NaO9S. The molecule has 0 aliphatic carbocycles. The standard InChI is InChI=1S/C26H25ClN6O9S.Na/c1-13(34)41-11-15-12-43-23-19(22(36)33(23)20(15)24(37)38)28-21(35)18(14-5-3-2-4-6-14)29-25(39)31-9-10-32(26(31)40)30-17-8-7-16(27)42-17;/h2-7,18-19,23H,8-12H2,1H3,(H,28,35)(H,29,39)(H,37,38);/q;+1/p-1/t18-,19?,23-;/m1./s1. The summed E-state index contributed by atoms with van der Waals surface area (Å²) in [6.07, 6.45) is 1.86. The van der Waals surface area contributed by atoms with Crippen LogP contribution in [0.2, 0.25) is 0 Å². The van der Waals surface area contributed by atoms with Crippen molar-refractivity contribution in [1.82, 2.24) is 25.4 Å². The van der Waals surface area contributed by atoms with Crippen LogP contribution in [0.25, 0.3) is 0 Å². The third kappa shape index (κ3) is 6.89. The SMILES string of the molecule is CC(=O)OCC1=C(C(=O)[O-])N2C(=O)C(NC(=O)[C@H](NC(=O)N3CCN(N=C4CC=C(Cl)O4)C3=O)c3ccccc3)[C@H]2SC1.[Na+]. The largest absolute Gasteiger partial charge is 1.00 e. The summed E-state index contributed by atoms with van der Waals surface area (Å²) in [4.78, 5) is 77.6. The van der Waals surface area contributed by atoms with Gasteiger partial charge in [-0.05, 0) is 23.2 Å². The number of urea groups is 2.